The van der Waals surface area contributed by atoms with Gasteiger partial charge in [-0.25, -0.2) is 0 Å². The number of methoxy groups -OCH3 is 1. The third-order valence-electron chi connectivity index (χ3n) is 4.69. The van der Waals surface area contributed by atoms with Crippen molar-refractivity contribution in [3.8, 4) is 0 Å². The number of carbonyl (C=O) groups excluding carboxylic acids is 1. The number of hydrogen-bond donors (Lipinski definition) is 1. The molecule has 2 aliphatic heterocycles. The van der Waals surface area contributed by atoms with Crippen molar-refractivity contribution in [2.75, 3.05) is 39.8 Å². The highest BCUT2D eigenvalue weighted by Crippen LogP contribution is 2.22. The first-order chi connectivity index (χ1) is 9.94. The van der Waals surface area contributed by atoms with Gasteiger partial charge in [0.05, 0.1) is 7.11 Å². The van der Waals surface area contributed by atoms with Gasteiger partial charge >= 0.3 is 5.97 Å². The van der Waals surface area contributed by atoms with Gasteiger partial charge in [0.2, 0.25) is 0 Å². The molecular weight excluding hydrogens is 266 g/mol. The molecule has 0 radical (unpaired) electrons. The molecular formula is C16H31N3O2. The van der Waals surface area contributed by atoms with Gasteiger partial charge in [-0.1, -0.05) is 0 Å². The predicted octanol–water partition coefficient (Wildman–Crippen LogP) is 1.09. The molecule has 2 atom stereocenters. The zero-order valence-corrected chi connectivity index (χ0v) is 14.0. The Balaban J connectivity index is 1.93. The zero-order valence-electron chi connectivity index (χ0n) is 14.0. The van der Waals surface area contributed by atoms with E-state index in [2.05, 4.69) is 29.0 Å². The molecule has 0 aromatic heterocycles. The summed E-state index contributed by atoms with van der Waals surface area (Å²) in [6.07, 6.45) is 3.90. The van der Waals surface area contributed by atoms with E-state index in [1.165, 1.54) is 39.5 Å². The van der Waals surface area contributed by atoms with Crippen LogP contribution in [0, 0.1) is 0 Å². The normalized spacial score (nSPS) is 27.2. The number of nitrogens with one attached hydrogen (secondary N) is 1. The van der Waals surface area contributed by atoms with Gasteiger partial charge < -0.3 is 4.74 Å². The molecule has 122 valence electrons. The maximum absolute atomic E-state index is 12.2. The van der Waals surface area contributed by atoms with Crippen molar-refractivity contribution in [2.24, 2.45) is 0 Å². The van der Waals surface area contributed by atoms with Crippen LogP contribution in [-0.4, -0.2) is 73.2 Å². The number of carbonyl (C=O) groups is 1. The maximum atomic E-state index is 12.2. The largest absolute Gasteiger partial charge is 0.468 e. The van der Waals surface area contributed by atoms with Crippen LogP contribution < -0.4 is 5.32 Å². The lowest BCUT2D eigenvalue weighted by Crippen LogP contribution is -2.59. The van der Waals surface area contributed by atoms with Crippen molar-refractivity contribution in [2.45, 2.75) is 57.7 Å². The van der Waals surface area contributed by atoms with E-state index in [1.807, 2.05) is 6.92 Å². The number of rotatable bonds is 6. The van der Waals surface area contributed by atoms with Crippen molar-refractivity contribution in [1.29, 1.82) is 0 Å². The summed E-state index contributed by atoms with van der Waals surface area (Å²) in [6, 6.07) is 0.930. The van der Waals surface area contributed by atoms with Crippen LogP contribution in [0.5, 0.6) is 0 Å². The highest BCUT2D eigenvalue weighted by molar-refractivity contribution is 5.80. The average molecular weight is 297 g/mol. The van der Waals surface area contributed by atoms with E-state index in [0.717, 1.165) is 19.6 Å². The molecule has 21 heavy (non-hydrogen) atoms. The van der Waals surface area contributed by atoms with Crippen molar-refractivity contribution in [3.05, 3.63) is 0 Å². The topological polar surface area (TPSA) is 44.8 Å². The SMILES string of the molecule is COC(=O)C(C)(CN1CCC(N2CCCC2)C1)NC(C)C. The van der Waals surface area contributed by atoms with E-state index in [9.17, 15) is 4.79 Å². The molecule has 2 saturated heterocycles. The second kappa shape index (κ2) is 7.07. The molecule has 5 heteroatoms. The number of esters is 1. The van der Waals surface area contributed by atoms with Crippen LogP contribution in [0.2, 0.25) is 0 Å². The lowest BCUT2D eigenvalue weighted by molar-refractivity contribution is -0.149. The first-order valence-electron chi connectivity index (χ1n) is 8.27. The molecule has 0 amide bonds. The summed E-state index contributed by atoms with van der Waals surface area (Å²) in [5.41, 5.74) is -0.622. The van der Waals surface area contributed by atoms with Crippen LogP contribution in [0.3, 0.4) is 0 Å². The Kier molecular flexibility index (Phi) is 5.63. The molecule has 2 unspecified atom stereocenters. The highest BCUT2D eigenvalue weighted by atomic mass is 16.5. The van der Waals surface area contributed by atoms with Gasteiger partial charge in [-0.05, 0) is 59.7 Å². The Morgan fingerprint density at radius 2 is 2.00 bits per heavy atom. The van der Waals surface area contributed by atoms with E-state index in [1.54, 1.807) is 0 Å². The second-order valence-corrected chi connectivity index (χ2v) is 7.04. The van der Waals surface area contributed by atoms with Crippen LogP contribution >= 0.6 is 0 Å². The van der Waals surface area contributed by atoms with Crippen molar-refractivity contribution in [1.82, 2.24) is 15.1 Å². The number of ether oxygens (including phenoxy) is 1. The molecule has 2 fully saturated rings. The summed E-state index contributed by atoms with van der Waals surface area (Å²) in [7, 11) is 1.47. The van der Waals surface area contributed by atoms with Crippen LogP contribution in [0.25, 0.3) is 0 Å². The summed E-state index contributed by atoms with van der Waals surface area (Å²) >= 11 is 0. The zero-order chi connectivity index (χ0) is 15.5. The van der Waals surface area contributed by atoms with E-state index in [0.29, 0.717) is 6.04 Å². The fourth-order valence-corrected chi connectivity index (χ4v) is 3.84. The van der Waals surface area contributed by atoms with Gasteiger partial charge in [-0.3, -0.25) is 19.9 Å². The summed E-state index contributed by atoms with van der Waals surface area (Å²) in [4.78, 5) is 17.2. The smallest absolute Gasteiger partial charge is 0.327 e. The van der Waals surface area contributed by atoms with Crippen LogP contribution in [0.15, 0.2) is 0 Å². The minimum Gasteiger partial charge on any atom is -0.468 e. The molecule has 0 saturated carbocycles. The average Bonchev–Trinajstić information content (AvgIpc) is 3.06. The van der Waals surface area contributed by atoms with Crippen molar-refractivity contribution >= 4 is 5.97 Å². The number of likely N-dealkylation sites (tertiary alicyclic amines) is 2. The maximum Gasteiger partial charge on any atom is 0.327 e. The predicted molar refractivity (Wildman–Crippen MR) is 84.3 cm³/mol. The molecule has 1 N–H and O–H groups in total. The van der Waals surface area contributed by atoms with Gasteiger partial charge in [-0.2, -0.15) is 0 Å². The molecule has 0 bridgehead atoms. The fraction of sp³-hybridized carbons (Fsp3) is 0.938. The van der Waals surface area contributed by atoms with Crippen LogP contribution in [0.1, 0.15) is 40.0 Å². The van der Waals surface area contributed by atoms with Gasteiger partial charge in [-0.15, -0.1) is 0 Å². The van der Waals surface area contributed by atoms with Crippen molar-refractivity contribution in [3.63, 3.8) is 0 Å². The lowest BCUT2D eigenvalue weighted by atomic mass is 10.0. The molecule has 2 rings (SSSR count). The Morgan fingerprint density at radius 3 is 2.57 bits per heavy atom. The molecule has 0 spiro atoms. The van der Waals surface area contributed by atoms with E-state index < -0.39 is 5.54 Å². The second-order valence-electron chi connectivity index (χ2n) is 7.04. The Hall–Kier alpha value is -0.650. The Bertz CT molecular complexity index is 355. The number of hydrogen-bond acceptors (Lipinski definition) is 5. The third kappa shape index (κ3) is 4.18. The molecule has 2 heterocycles. The quantitative estimate of drug-likeness (QED) is 0.744. The van der Waals surface area contributed by atoms with Crippen LogP contribution in [-0.2, 0) is 9.53 Å². The van der Waals surface area contributed by atoms with Crippen LogP contribution in [0.4, 0.5) is 0 Å². The molecule has 0 aliphatic carbocycles. The highest BCUT2D eigenvalue weighted by Gasteiger charge is 2.39. The first kappa shape index (κ1) is 16.7. The van der Waals surface area contributed by atoms with E-state index in [4.69, 9.17) is 4.74 Å². The minimum absolute atomic E-state index is 0.166. The molecule has 0 aromatic rings. The molecule has 0 aromatic carbocycles. The van der Waals surface area contributed by atoms with E-state index >= 15 is 0 Å². The van der Waals surface area contributed by atoms with E-state index in [-0.39, 0.29) is 12.0 Å². The van der Waals surface area contributed by atoms with Gasteiger partial charge in [0.25, 0.3) is 0 Å². The minimum atomic E-state index is -0.622. The summed E-state index contributed by atoms with van der Waals surface area (Å²) in [5, 5.41) is 3.39. The fourth-order valence-electron chi connectivity index (χ4n) is 3.84. The summed E-state index contributed by atoms with van der Waals surface area (Å²) < 4.78 is 5.01. The number of nitrogens with zero attached hydrogens (tertiary/aromatic N) is 2. The monoisotopic (exact) mass is 297 g/mol. The van der Waals surface area contributed by atoms with Gasteiger partial charge in [0.1, 0.15) is 5.54 Å². The Morgan fingerprint density at radius 1 is 1.33 bits per heavy atom. The summed E-state index contributed by atoms with van der Waals surface area (Å²) in [6.45, 7) is 11.5. The molecule has 5 nitrogen and oxygen atoms in total. The molecule has 2 aliphatic rings. The van der Waals surface area contributed by atoms with Gasteiger partial charge in [0, 0.05) is 25.2 Å². The van der Waals surface area contributed by atoms with Gasteiger partial charge in [0.15, 0.2) is 0 Å². The first-order valence-corrected chi connectivity index (χ1v) is 8.27. The standard InChI is InChI=1S/C16H31N3O2/c1-13(2)17-16(3,15(20)21-4)12-18-10-7-14(11-18)19-8-5-6-9-19/h13-14,17H,5-12H2,1-4H3. The lowest BCUT2D eigenvalue weighted by Gasteiger charge is -2.34. The Labute approximate surface area is 129 Å². The van der Waals surface area contributed by atoms with Crippen molar-refractivity contribution < 1.29 is 9.53 Å². The third-order valence-corrected chi connectivity index (χ3v) is 4.69. The summed E-state index contributed by atoms with van der Waals surface area (Å²) in [5.74, 6) is -0.166.